The van der Waals surface area contributed by atoms with Crippen LogP contribution in [0.3, 0.4) is 0 Å². The van der Waals surface area contributed by atoms with Crippen LogP contribution in [0.25, 0.3) is 0 Å². The van der Waals surface area contributed by atoms with Crippen LogP contribution >= 0.6 is 27.5 Å². The molecule has 1 aromatic carbocycles. The minimum absolute atomic E-state index is 0.215. The molecular formula is C11H15BrClNO3S. The molecule has 0 aliphatic carbocycles. The first-order valence-corrected chi connectivity index (χ1v) is 8.13. The fraction of sp³-hybridized carbons (Fsp3) is 0.455. The Morgan fingerprint density at radius 2 is 2.22 bits per heavy atom. The zero-order chi connectivity index (χ0) is 13.6. The highest BCUT2D eigenvalue weighted by Crippen LogP contribution is 2.16. The maximum absolute atomic E-state index is 12.1. The van der Waals surface area contributed by atoms with Gasteiger partial charge in [0.2, 0.25) is 10.0 Å². The van der Waals surface area contributed by atoms with E-state index in [-0.39, 0.29) is 10.9 Å². The second-order valence-corrected chi connectivity index (χ2v) is 6.72. The number of benzene rings is 1. The van der Waals surface area contributed by atoms with Crippen LogP contribution in [0.5, 0.6) is 0 Å². The summed E-state index contributed by atoms with van der Waals surface area (Å²) < 4.78 is 32.5. The van der Waals surface area contributed by atoms with E-state index in [2.05, 4.69) is 20.7 Å². The molecule has 0 bridgehead atoms. The van der Waals surface area contributed by atoms with Gasteiger partial charge in [0.15, 0.2) is 0 Å². The van der Waals surface area contributed by atoms with Crippen molar-refractivity contribution in [3.63, 3.8) is 0 Å². The maximum atomic E-state index is 12.1. The summed E-state index contributed by atoms with van der Waals surface area (Å²) in [5.74, 6) is 0.370. The molecule has 0 aliphatic heterocycles. The molecule has 1 N–H and O–H groups in total. The number of hydrogen-bond acceptors (Lipinski definition) is 3. The first-order chi connectivity index (χ1) is 8.49. The number of ether oxygens (including phenoxy) is 1. The van der Waals surface area contributed by atoms with Gasteiger partial charge in [0.05, 0.1) is 11.5 Å². The second-order valence-electron chi connectivity index (χ2n) is 3.71. The predicted octanol–water partition coefficient (Wildman–Crippen LogP) is 2.37. The molecule has 0 amide bonds. The fourth-order valence-electron chi connectivity index (χ4n) is 1.43. The van der Waals surface area contributed by atoms with Gasteiger partial charge in [0.1, 0.15) is 0 Å². The molecule has 0 radical (unpaired) electrons. The number of halogens is 2. The van der Waals surface area contributed by atoms with E-state index in [4.69, 9.17) is 16.3 Å². The van der Waals surface area contributed by atoms with Crippen molar-refractivity contribution in [1.29, 1.82) is 0 Å². The van der Waals surface area contributed by atoms with Gasteiger partial charge < -0.3 is 4.74 Å². The zero-order valence-corrected chi connectivity index (χ0v) is 13.1. The first kappa shape index (κ1) is 15.9. The summed E-state index contributed by atoms with van der Waals surface area (Å²) in [6.07, 6.45) is 0.516. The highest BCUT2D eigenvalue weighted by molar-refractivity contribution is 9.10. The standard InChI is InChI=1S/C11H15BrClNO3S/c1-17-8-10(5-6-13)14-18(15,16)11-4-2-3-9(12)7-11/h2-4,7,10,14H,5-6,8H2,1H3. The number of methoxy groups -OCH3 is 1. The Labute approximate surface area is 121 Å². The van der Waals surface area contributed by atoms with Gasteiger partial charge in [0, 0.05) is 23.5 Å². The Bertz CT molecular complexity index is 475. The molecule has 4 nitrogen and oxygen atoms in total. The number of nitrogens with one attached hydrogen (secondary N) is 1. The molecule has 0 heterocycles. The first-order valence-electron chi connectivity index (χ1n) is 5.32. The largest absolute Gasteiger partial charge is 0.383 e. The van der Waals surface area contributed by atoms with Gasteiger partial charge in [-0.1, -0.05) is 22.0 Å². The van der Waals surface area contributed by atoms with Gasteiger partial charge in [0.25, 0.3) is 0 Å². The van der Waals surface area contributed by atoms with Crippen LogP contribution in [0.15, 0.2) is 33.6 Å². The van der Waals surface area contributed by atoms with E-state index in [0.29, 0.717) is 23.4 Å². The molecule has 1 atom stereocenters. The molecule has 0 aliphatic rings. The van der Waals surface area contributed by atoms with Gasteiger partial charge in [-0.15, -0.1) is 11.6 Å². The van der Waals surface area contributed by atoms with Crippen molar-refractivity contribution < 1.29 is 13.2 Å². The van der Waals surface area contributed by atoms with Gasteiger partial charge in [-0.3, -0.25) is 0 Å². The molecule has 1 rings (SSSR count). The highest BCUT2D eigenvalue weighted by atomic mass is 79.9. The van der Waals surface area contributed by atoms with E-state index in [0.717, 1.165) is 0 Å². The van der Waals surface area contributed by atoms with Crippen LogP contribution in [0, 0.1) is 0 Å². The van der Waals surface area contributed by atoms with E-state index < -0.39 is 10.0 Å². The number of sulfonamides is 1. The van der Waals surface area contributed by atoms with Gasteiger partial charge >= 0.3 is 0 Å². The summed E-state index contributed by atoms with van der Waals surface area (Å²) in [7, 11) is -2.02. The topological polar surface area (TPSA) is 55.4 Å². The van der Waals surface area contributed by atoms with Crippen LogP contribution in [-0.2, 0) is 14.8 Å². The normalized spacial score (nSPS) is 13.5. The molecule has 7 heteroatoms. The lowest BCUT2D eigenvalue weighted by atomic mass is 10.3. The molecule has 1 unspecified atom stereocenters. The van der Waals surface area contributed by atoms with E-state index in [1.807, 2.05) is 0 Å². The van der Waals surface area contributed by atoms with E-state index in [9.17, 15) is 8.42 Å². The minimum atomic E-state index is -3.55. The maximum Gasteiger partial charge on any atom is 0.240 e. The summed E-state index contributed by atoms with van der Waals surface area (Å²) in [6, 6.07) is 6.21. The third-order valence-electron chi connectivity index (χ3n) is 2.25. The lowest BCUT2D eigenvalue weighted by Crippen LogP contribution is -2.38. The molecule has 0 saturated heterocycles. The lowest BCUT2D eigenvalue weighted by Gasteiger charge is -2.16. The van der Waals surface area contributed by atoms with E-state index in [1.165, 1.54) is 13.2 Å². The Morgan fingerprint density at radius 1 is 1.50 bits per heavy atom. The summed E-state index contributed by atoms with van der Waals surface area (Å²) >= 11 is 8.88. The Balaban J connectivity index is 2.86. The van der Waals surface area contributed by atoms with Gasteiger partial charge in [-0.2, -0.15) is 0 Å². The predicted molar refractivity (Wildman–Crippen MR) is 75.5 cm³/mol. The average molecular weight is 357 g/mol. The summed E-state index contributed by atoms with van der Waals surface area (Å²) in [5.41, 5.74) is 0. The Kier molecular flexibility index (Phi) is 6.59. The average Bonchev–Trinajstić information content (AvgIpc) is 2.29. The Hall–Kier alpha value is -0.140. The van der Waals surface area contributed by atoms with Crippen LogP contribution in [0.1, 0.15) is 6.42 Å². The fourth-order valence-corrected chi connectivity index (χ4v) is 3.55. The molecule has 1 aromatic rings. The monoisotopic (exact) mass is 355 g/mol. The SMILES string of the molecule is COCC(CCCl)NS(=O)(=O)c1cccc(Br)c1. The molecule has 18 heavy (non-hydrogen) atoms. The van der Waals surface area contributed by atoms with E-state index >= 15 is 0 Å². The van der Waals surface area contributed by atoms with Crippen LogP contribution in [-0.4, -0.2) is 34.1 Å². The minimum Gasteiger partial charge on any atom is -0.383 e. The highest BCUT2D eigenvalue weighted by Gasteiger charge is 2.19. The van der Waals surface area contributed by atoms with Crippen molar-refractivity contribution in [1.82, 2.24) is 4.72 Å². The summed E-state index contributed by atoms with van der Waals surface area (Å²) in [5, 5.41) is 0. The third kappa shape index (κ3) is 4.85. The molecule has 0 saturated carbocycles. The van der Waals surface area contributed by atoms with Crippen molar-refractivity contribution in [3.05, 3.63) is 28.7 Å². The zero-order valence-electron chi connectivity index (χ0n) is 9.90. The second kappa shape index (κ2) is 7.45. The van der Waals surface area contributed by atoms with Crippen LogP contribution in [0.2, 0.25) is 0 Å². The molecule has 0 aromatic heterocycles. The smallest absolute Gasteiger partial charge is 0.240 e. The molecule has 102 valence electrons. The van der Waals surface area contributed by atoms with E-state index in [1.54, 1.807) is 18.2 Å². The number of hydrogen-bond donors (Lipinski definition) is 1. The van der Waals surface area contributed by atoms with Crippen molar-refractivity contribution >= 4 is 37.6 Å². The molecule has 0 fully saturated rings. The van der Waals surface area contributed by atoms with Crippen LogP contribution < -0.4 is 4.72 Å². The summed E-state index contributed by atoms with van der Waals surface area (Å²) in [6.45, 7) is 0.292. The van der Waals surface area contributed by atoms with Gasteiger partial charge in [-0.05, 0) is 24.6 Å². The lowest BCUT2D eigenvalue weighted by molar-refractivity contribution is 0.173. The van der Waals surface area contributed by atoms with Gasteiger partial charge in [-0.25, -0.2) is 13.1 Å². The third-order valence-corrected chi connectivity index (χ3v) is 4.48. The summed E-state index contributed by atoms with van der Waals surface area (Å²) in [4.78, 5) is 0.215. The van der Waals surface area contributed by atoms with Crippen LogP contribution in [0.4, 0.5) is 0 Å². The van der Waals surface area contributed by atoms with Crippen molar-refractivity contribution in [2.24, 2.45) is 0 Å². The number of alkyl halides is 1. The van der Waals surface area contributed by atoms with Crippen molar-refractivity contribution in [2.75, 3.05) is 19.6 Å². The van der Waals surface area contributed by atoms with Crippen molar-refractivity contribution in [2.45, 2.75) is 17.4 Å². The number of rotatable bonds is 7. The molecule has 0 spiro atoms. The molecular weight excluding hydrogens is 342 g/mol. The van der Waals surface area contributed by atoms with Crippen molar-refractivity contribution in [3.8, 4) is 0 Å². The Morgan fingerprint density at radius 3 is 2.78 bits per heavy atom. The quantitative estimate of drug-likeness (QED) is 0.763.